The predicted molar refractivity (Wildman–Crippen MR) is 51.3 cm³/mol. The Morgan fingerprint density at radius 3 is 2.43 bits per heavy atom. The summed E-state index contributed by atoms with van der Waals surface area (Å²) in [4.78, 5) is 11.1. The molecule has 0 atom stereocenters. The van der Waals surface area contributed by atoms with Crippen LogP contribution in [0.1, 0.15) is 5.56 Å². The van der Waals surface area contributed by atoms with E-state index in [-0.39, 0.29) is 12.3 Å². The molecule has 1 aromatic carbocycles. The van der Waals surface area contributed by atoms with E-state index in [4.69, 9.17) is 9.94 Å². The molecule has 0 spiro atoms. The zero-order valence-corrected chi connectivity index (χ0v) is 8.23. The second-order valence-electron chi connectivity index (χ2n) is 2.94. The third kappa shape index (κ3) is 2.74. The van der Waals surface area contributed by atoms with Crippen molar-refractivity contribution in [2.45, 2.75) is 6.42 Å². The Labute approximate surface area is 82.7 Å². The van der Waals surface area contributed by atoms with Gasteiger partial charge in [-0.1, -0.05) is 12.1 Å². The summed E-state index contributed by atoms with van der Waals surface area (Å²) in [6, 6.07) is 7.14. The van der Waals surface area contributed by atoms with Crippen LogP contribution in [0.2, 0.25) is 0 Å². The van der Waals surface area contributed by atoms with Gasteiger partial charge in [-0.05, 0) is 17.7 Å². The maximum Gasteiger partial charge on any atom is 0.250 e. The minimum atomic E-state index is -0.338. The Morgan fingerprint density at radius 1 is 1.43 bits per heavy atom. The molecule has 1 aromatic rings. The molecule has 4 heteroatoms. The molecule has 0 heterocycles. The number of carbonyl (C=O) groups is 1. The maximum atomic E-state index is 11.1. The summed E-state index contributed by atoms with van der Waals surface area (Å²) in [5.74, 6) is 0.411. The van der Waals surface area contributed by atoms with Crippen LogP contribution in [0.4, 0.5) is 0 Å². The van der Waals surface area contributed by atoms with Gasteiger partial charge in [0.1, 0.15) is 5.75 Å². The van der Waals surface area contributed by atoms with E-state index in [1.165, 1.54) is 7.05 Å². The predicted octanol–water partition coefficient (Wildman–Crippen LogP) is 1.09. The van der Waals surface area contributed by atoms with Gasteiger partial charge in [0.15, 0.2) is 0 Å². The van der Waals surface area contributed by atoms with Crippen molar-refractivity contribution in [2.24, 2.45) is 0 Å². The first-order valence-electron chi connectivity index (χ1n) is 4.22. The number of likely N-dealkylation sites (N-methyl/N-ethyl adjacent to an activating group) is 1. The first-order valence-corrected chi connectivity index (χ1v) is 4.22. The SMILES string of the molecule is COc1ccc(CC(=O)N(C)O)cc1. The summed E-state index contributed by atoms with van der Waals surface area (Å²) >= 11 is 0. The summed E-state index contributed by atoms with van der Waals surface area (Å²) in [6.07, 6.45) is 0.191. The lowest BCUT2D eigenvalue weighted by atomic mass is 10.1. The van der Waals surface area contributed by atoms with Crippen LogP contribution >= 0.6 is 0 Å². The second kappa shape index (κ2) is 4.62. The van der Waals surface area contributed by atoms with Gasteiger partial charge in [-0.15, -0.1) is 0 Å². The molecule has 14 heavy (non-hydrogen) atoms. The van der Waals surface area contributed by atoms with Crippen molar-refractivity contribution in [1.82, 2.24) is 5.06 Å². The first-order chi connectivity index (χ1) is 6.63. The molecule has 1 N–H and O–H groups in total. The standard InChI is InChI=1S/C10H13NO3/c1-11(13)10(12)7-8-3-5-9(14-2)6-4-8/h3-6,13H,7H2,1-2H3. The molecule has 0 saturated heterocycles. The topological polar surface area (TPSA) is 49.8 Å². The Kier molecular flexibility index (Phi) is 3.48. The van der Waals surface area contributed by atoms with Gasteiger partial charge in [-0.25, -0.2) is 5.06 Å². The lowest BCUT2D eigenvalue weighted by Crippen LogP contribution is -2.24. The minimum absolute atomic E-state index is 0.191. The molecule has 0 aliphatic carbocycles. The summed E-state index contributed by atoms with van der Waals surface area (Å²) in [5, 5.41) is 9.43. The van der Waals surface area contributed by atoms with E-state index in [9.17, 15) is 4.79 Å². The van der Waals surface area contributed by atoms with Gasteiger partial charge in [-0.3, -0.25) is 10.0 Å². The number of methoxy groups -OCH3 is 1. The van der Waals surface area contributed by atoms with Crippen molar-refractivity contribution in [3.63, 3.8) is 0 Å². The van der Waals surface area contributed by atoms with E-state index >= 15 is 0 Å². The highest BCUT2D eigenvalue weighted by atomic mass is 16.5. The summed E-state index contributed by atoms with van der Waals surface area (Å²) in [5.41, 5.74) is 0.844. The number of hydroxylamine groups is 2. The fourth-order valence-electron chi connectivity index (χ4n) is 1.03. The average Bonchev–Trinajstić information content (AvgIpc) is 2.19. The molecular weight excluding hydrogens is 182 g/mol. The number of nitrogens with zero attached hydrogens (tertiary/aromatic N) is 1. The van der Waals surface area contributed by atoms with Gasteiger partial charge >= 0.3 is 0 Å². The lowest BCUT2D eigenvalue weighted by molar-refractivity contribution is -0.158. The number of amides is 1. The van der Waals surface area contributed by atoms with Crippen LogP contribution < -0.4 is 4.74 Å². The molecule has 1 amide bonds. The van der Waals surface area contributed by atoms with Crippen LogP contribution in [0.5, 0.6) is 5.75 Å². The molecule has 4 nitrogen and oxygen atoms in total. The molecule has 0 aliphatic rings. The van der Waals surface area contributed by atoms with Gasteiger partial charge < -0.3 is 4.74 Å². The van der Waals surface area contributed by atoms with E-state index in [2.05, 4.69) is 0 Å². The second-order valence-corrected chi connectivity index (χ2v) is 2.94. The Hall–Kier alpha value is -1.55. The molecule has 0 fully saturated rings. The maximum absolute atomic E-state index is 11.1. The van der Waals surface area contributed by atoms with Crippen LogP contribution in [0, 0.1) is 0 Å². The van der Waals surface area contributed by atoms with Crippen molar-refractivity contribution >= 4 is 5.91 Å². The van der Waals surface area contributed by atoms with Crippen molar-refractivity contribution in [3.05, 3.63) is 29.8 Å². The normalized spacial score (nSPS) is 9.64. The highest BCUT2D eigenvalue weighted by Gasteiger charge is 2.06. The van der Waals surface area contributed by atoms with E-state index in [0.29, 0.717) is 5.06 Å². The van der Waals surface area contributed by atoms with Crippen LogP contribution in [0.15, 0.2) is 24.3 Å². The minimum Gasteiger partial charge on any atom is -0.497 e. The van der Waals surface area contributed by atoms with Crippen molar-refractivity contribution in [1.29, 1.82) is 0 Å². The number of rotatable bonds is 3. The zero-order chi connectivity index (χ0) is 10.6. The fraction of sp³-hybridized carbons (Fsp3) is 0.300. The Balaban J connectivity index is 2.64. The number of hydrogen-bond donors (Lipinski definition) is 1. The molecule has 0 radical (unpaired) electrons. The zero-order valence-electron chi connectivity index (χ0n) is 8.23. The molecule has 0 saturated carbocycles. The van der Waals surface area contributed by atoms with Gasteiger partial charge in [0.05, 0.1) is 13.5 Å². The van der Waals surface area contributed by atoms with Crippen LogP contribution in [0.3, 0.4) is 0 Å². The van der Waals surface area contributed by atoms with Gasteiger partial charge in [0.2, 0.25) is 5.91 Å². The summed E-state index contributed by atoms with van der Waals surface area (Å²) in [7, 11) is 2.90. The Morgan fingerprint density at radius 2 is 2.00 bits per heavy atom. The van der Waals surface area contributed by atoms with E-state index in [1.807, 2.05) is 0 Å². The van der Waals surface area contributed by atoms with Crippen LogP contribution in [-0.4, -0.2) is 30.3 Å². The molecule has 1 rings (SSSR count). The molecule has 0 unspecified atom stereocenters. The van der Waals surface area contributed by atoms with Crippen molar-refractivity contribution in [2.75, 3.05) is 14.2 Å². The van der Waals surface area contributed by atoms with Gasteiger partial charge in [0, 0.05) is 7.05 Å². The van der Waals surface area contributed by atoms with Crippen molar-refractivity contribution in [3.8, 4) is 5.75 Å². The highest BCUT2D eigenvalue weighted by molar-refractivity contribution is 5.77. The van der Waals surface area contributed by atoms with Crippen LogP contribution in [-0.2, 0) is 11.2 Å². The number of benzene rings is 1. The number of hydrogen-bond acceptors (Lipinski definition) is 3. The summed E-state index contributed by atoms with van der Waals surface area (Å²) < 4.78 is 4.98. The number of carbonyl (C=O) groups excluding carboxylic acids is 1. The van der Waals surface area contributed by atoms with E-state index < -0.39 is 0 Å². The largest absolute Gasteiger partial charge is 0.497 e. The van der Waals surface area contributed by atoms with E-state index in [1.54, 1.807) is 31.4 Å². The Bertz CT molecular complexity index is 306. The molecule has 0 aromatic heterocycles. The molecular formula is C10H13NO3. The fourth-order valence-corrected chi connectivity index (χ4v) is 1.03. The summed E-state index contributed by atoms with van der Waals surface area (Å²) in [6.45, 7) is 0. The third-order valence-corrected chi connectivity index (χ3v) is 1.88. The molecule has 76 valence electrons. The van der Waals surface area contributed by atoms with Gasteiger partial charge in [-0.2, -0.15) is 0 Å². The molecule has 0 aliphatic heterocycles. The number of ether oxygens (including phenoxy) is 1. The third-order valence-electron chi connectivity index (χ3n) is 1.88. The first kappa shape index (κ1) is 10.5. The van der Waals surface area contributed by atoms with Crippen LogP contribution in [0.25, 0.3) is 0 Å². The lowest BCUT2D eigenvalue weighted by Gasteiger charge is -2.08. The highest BCUT2D eigenvalue weighted by Crippen LogP contribution is 2.11. The van der Waals surface area contributed by atoms with Gasteiger partial charge in [0.25, 0.3) is 0 Å². The monoisotopic (exact) mass is 195 g/mol. The van der Waals surface area contributed by atoms with E-state index in [0.717, 1.165) is 11.3 Å². The quantitative estimate of drug-likeness (QED) is 0.580. The molecule has 0 bridgehead atoms. The smallest absolute Gasteiger partial charge is 0.250 e. The van der Waals surface area contributed by atoms with Crippen molar-refractivity contribution < 1.29 is 14.7 Å². The average molecular weight is 195 g/mol.